The molecule has 1 N–H and O–H groups in total. The first-order chi connectivity index (χ1) is 14.1. The van der Waals surface area contributed by atoms with Crippen LogP contribution in [0.4, 0.5) is 0 Å². The van der Waals surface area contributed by atoms with Crippen LogP contribution in [0.5, 0.6) is 5.75 Å². The number of esters is 1. The molecule has 0 saturated heterocycles. The first-order valence-corrected chi connectivity index (χ1v) is 11.4. The van der Waals surface area contributed by atoms with Crippen LogP contribution in [0, 0.1) is 0 Å². The molecule has 6 heteroatoms. The van der Waals surface area contributed by atoms with Crippen molar-refractivity contribution in [2.24, 2.45) is 0 Å². The average molecular weight is 416 g/mol. The molecule has 3 rings (SSSR count). The first kappa shape index (κ1) is 21.5. The highest BCUT2D eigenvalue weighted by atomic mass is 32.2. The second-order valence-electron chi connectivity index (χ2n) is 7.07. The SMILES string of the molecule is CCOc1ccccc1[C@H]1C(C(=O)OCCSCC)=C(C)NC2=C1C(=O)CCC2. The number of carbonyl (C=O) groups excluding carboxylic acids is 2. The number of para-hydroxylation sites is 1. The van der Waals surface area contributed by atoms with E-state index in [-0.39, 0.29) is 11.8 Å². The summed E-state index contributed by atoms with van der Waals surface area (Å²) >= 11 is 1.73. The molecule has 1 aromatic carbocycles. The van der Waals surface area contributed by atoms with Crippen LogP contribution in [0.1, 0.15) is 51.5 Å². The number of carbonyl (C=O) groups is 2. The van der Waals surface area contributed by atoms with E-state index in [2.05, 4.69) is 12.2 Å². The highest BCUT2D eigenvalue weighted by Crippen LogP contribution is 2.45. The monoisotopic (exact) mass is 415 g/mol. The summed E-state index contributed by atoms with van der Waals surface area (Å²) in [7, 11) is 0. The van der Waals surface area contributed by atoms with Gasteiger partial charge in [-0.2, -0.15) is 11.8 Å². The molecule has 1 aromatic rings. The van der Waals surface area contributed by atoms with E-state index in [4.69, 9.17) is 9.47 Å². The maximum Gasteiger partial charge on any atom is 0.336 e. The zero-order valence-corrected chi connectivity index (χ0v) is 18.2. The van der Waals surface area contributed by atoms with Gasteiger partial charge >= 0.3 is 5.97 Å². The van der Waals surface area contributed by atoms with Crippen LogP contribution in [0.25, 0.3) is 0 Å². The number of ketones is 1. The largest absolute Gasteiger partial charge is 0.494 e. The first-order valence-electron chi connectivity index (χ1n) is 10.3. The third kappa shape index (κ3) is 4.69. The molecule has 5 nitrogen and oxygen atoms in total. The smallest absolute Gasteiger partial charge is 0.336 e. The molecule has 0 unspecified atom stereocenters. The molecule has 156 valence electrons. The van der Waals surface area contributed by atoms with Gasteiger partial charge < -0.3 is 14.8 Å². The lowest BCUT2D eigenvalue weighted by Crippen LogP contribution is -2.34. The molecule has 0 aromatic heterocycles. The summed E-state index contributed by atoms with van der Waals surface area (Å²) in [6.45, 7) is 6.76. The summed E-state index contributed by atoms with van der Waals surface area (Å²) < 4.78 is 11.4. The third-order valence-corrected chi connectivity index (χ3v) is 6.05. The molecule has 1 atom stereocenters. The standard InChI is InChI=1S/C23H29NO4S/c1-4-27-19-12-7-6-9-16(19)21-20(23(26)28-13-14-29-5-2)15(3)24-17-10-8-11-18(25)22(17)21/h6-7,9,12,21,24H,4-5,8,10-11,13-14H2,1-3H3/t21-/m0/s1. The fraction of sp³-hybridized carbons (Fsp3) is 0.478. The van der Waals surface area contributed by atoms with Gasteiger partial charge in [-0.3, -0.25) is 4.79 Å². The van der Waals surface area contributed by atoms with E-state index in [0.29, 0.717) is 36.5 Å². The highest BCUT2D eigenvalue weighted by Gasteiger charge is 2.40. The average Bonchev–Trinajstić information content (AvgIpc) is 2.71. The summed E-state index contributed by atoms with van der Waals surface area (Å²) in [6.07, 6.45) is 2.13. The molecule has 1 aliphatic carbocycles. The summed E-state index contributed by atoms with van der Waals surface area (Å²) in [5, 5.41) is 3.32. The van der Waals surface area contributed by atoms with Gasteiger partial charge in [-0.15, -0.1) is 0 Å². The van der Waals surface area contributed by atoms with Gasteiger partial charge in [-0.05, 0) is 38.5 Å². The number of hydrogen-bond donors (Lipinski definition) is 1. The van der Waals surface area contributed by atoms with Crippen molar-refractivity contribution in [1.29, 1.82) is 0 Å². The predicted octanol–water partition coefficient (Wildman–Crippen LogP) is 4.35. The van der Waals surface area contributed by atoms with Crippen LogP contribution in [0.3, 0.4) is 0 Å². The number of thioether (sulfide) groups is 1. The maximum atomic E-state index is 13.1. The molecule has 0 spiro atoms. The van der Waals surface area contributed by atoms with Gasteiger partial charge in [-0.25, -0.2) is 4.79 Å². The lowest BCUT2D eigenvalue weighted by Gasteiger charge is -2.34. The molecule has 0 fully saturated rings. The van der Waals surface area contributed by atoms with Gasteiger partial charge in [-0.1, -0.05) is 25.1 Å². The van der Waals surface area contributed by atoms with Crippen molar-refractivity contribution in [2.45, 2.75) is 46.0 Å². The van der Waals surface area contributed by atoms with E-state index in [9.17, 15) is 9.59 Å². The molecule has 0 amide bonds. The number of ether oxygens (including phenoxy) is 2. The zero-order valence-electron chi connectivity index (χ0n) is 17.4. The lowest BCUT2D eigenvalue weighted by molar-refractivity contribution is -0.138. The third-order valence-electron chi connectivity index (χ3n) is 5.19. The van der Waals surface area contributed by atoms with E-state index in [1.807, 2.05) is 38.1 Å². The Morgan fingerprint density at radius 3 is 2.79 bits per heavy atom. The molecule has 0 saturated carbocycles. The van der Waals surface area contributed by atoms with E-state index in [0.717, 1.165) is 41.3 Å². The van der Waals surface area contributed by atoms with Gasteiger partial charge in [0.2, 0.25) is 0 Å². The van der Waals surface area contributed by atoms with E-state index >= 15 is 0 Å². The molecule has 0 radical (unpaired) electrons. The van der Waals surface area contributed by atoms with Gasteiger partial charge in [0.05, 0.1) is 18.1 Å². The van der Waals surface area contributed by atoms with Crippen LogP contribution in [0.2, 0.25) is 0 Å². The van der Waals surface area contributed by atoms with Crippen LogP contribution in [-0.4, -0.2) is 36.5 Å². The lowest BCUT2D eigenvalue weighted by atomic mass is 9.75. The number of dihydropyridines is 1. The highest BCUT2D eigenvalue weighted by molar-refractivity contribution is 7.99. The van der Waals surface area contributed by atoms with Crippen LogP contribution < -0.4 is 10.1 Å². The molecule has 2 aliphatic rings. The minimum absolute atomic E-state index is 0.0920. The van der Waals surface area contributed by atoms with E-state index in [1.54, 1.807) is 11.8 Å². The Hall–Kier alpha value is -2.21. The Morgan fingerprint density at radius 2 is 2.03 bits per heavy atom. The summed E-state index contributed by atoms with van der Waals surface area (Å²) in [6, 6.07) is 7.67. The van der Waals surface area contributed by atoms with Gasteiger partial charge in [0.1, 0.15) is 12.4 Å². The Balaban J connectivity index is 2.04. The van der Waals surface area contributed by atoms with E-state index < -0.39 is 5.92 Å². The van der Waals surface area contributed by atoms with Gasteiger partial charge in [0.25, 0.3) is 0 Å². The minimum atomic E-state index is -0.465. The Morgan fingerprint density at radius 1 is 1.24 bits per heavy atom. The molecule has 29 heavy (non-hydrogen) atoms. The van der Waals surface area contributed by atoms with Crippen LogP contribution in [0.15, 0.2) is 46.8 Å². The van der Waals surface area contributed by atoms with E-state index in [1.165, 1.54) is 0 Å². The molecular weight excluding hydrogens is 386 g/mol. The Kier molecular flexibility index (Phi) is 7.42. The topological polar surface area (TPSA) is 64.6 Å². The number of hydrogen-bond acceptors (Lipinski definition) is 6. The second-order valence-corrected chi connectivity index (χ2v) is 8.46. The summed E-state index contributed by atoms with van der Waals surface area (Å²) in [4.78, 5) is 26.0. The Bertz CT molecular complexity index is 843. The summed E-state index contributed by atoms with van der Waals surface area (Å²) in [5.74, 6) is 1.70. The number of benzene rings is 1. The molecular formula is C23H29NO4S. The van der Waals surface area contributed by atoms with Crippen molar-refractivity contribution in [3.8, 4) is 5.75 Å². The van der Waals surface area contributed by atoms with Crippen molar-refractivity contribution in [1.82, 2.24) is 5.32 Å². The van der Waals surface area contributed by atoms with Crippen LogP contribution >= 0.6 is 11.8 Å². The number of nitrogens with one attached hydrogen (secondary N) is 1. The van der Waals surface area contributed by atoms with Crippen LogP contribution in [-0.2, 0) is 14.3 Å². The molecule has 1 heterocycles. The number of rotatable bonds is 8. The van der Waals surface area contributed by atoms with Crippen molar-refractivity contribution >= 4 is 23.5 Å². The zero-order chi connectivity index (χ0) is 20.8. The van der Waals surface area contributed by atoms with Crippen molar-refractivity contribution in [3.63, 3.8) is 0 Å². The summed E-state index contributed by atoms with van der Waals surface area (Å²) in [5.41, 5.74) is 3.71. The fourth-order valence-electron chi connectivity index (χ4n) is 3.99. The normalized spacial score (nSPS) is 19.0. The number of allylic oxidation sites excluding steroid dienone is 3. The Labute approximate surface area is 176 Å². The quantitative estimate of drug-likeness (QED) is 0.503. The van der Waals surface area contributed by atoms with Gasteiger partial charge in [0, 0.05) is 34.7 Å². The number of Topliss-reactive ketones (excluding diaryl/α,β-unsaturated/α-hetero) is 1. The molecule has 0 bridgehead atoms. The predicted molar refractivity (Wildman–Crippen MR) is 116 cm³/mol. The van der Waals surface area contributed by atoms with Crippen molar-refractivity contribution < 1.29 is 19.1 Å². The van der Waals surface area contributed by atoms with Crippen molar-refractivity contribution in [3.05, 3.63) is 52.4 Å². The molecule has 1 aliphatic heterocycles. The second kappa shape index (κ2) is 10.0. The van der Waals surface area contributed by atoms with Gasteiger partial charge in [0.15, 0.2) is 5.78 Å². The van der Waals surface area contributed by atoms with Crippen molar-refractivity contribution in [2.75, 3.05) is 24.7 Å². The fourth-order valence-corrected chi connectivity index (χ4v) is 4.48. The maximum absolute atomic E-state index is 13.1. The minimum Gasteiger partial charge on any atom is -0.494 e.